The highest BCUT2D eigenvalue weighted by Gasteiger charge is 2.14. The number of rotatable bonds is 5. The first-order chi connectivity index (χ1) is 9.59. The Balaban J connectivity index is 2.10. The minimum Gasteiger partial charge on any atom is -0.306 e. The number of hydrogen-bond donors (Lipinski definition) is 1. The Kier molecular flexibility index (Phi) is 4.71. The van der Waals surface area contributed by atoms with Gasteiger partial charge in [0.1, 0.15) is 0 Å². The van der Waals surface area contributed by atoms with Crippen LogP contribution in [0.3, 0.4) is 0 Å². The van der Waals surface area contributed by atoms with Gasteiger partial charge in [-0.1, -0.05) is 48.0 Å². The zero-order valence-electron chi connectivity index (χ0n) is 11.0. The number of nitrogens with zero attached hydrogens (tertiary/aromatic N) is 1. The van der Waals surface area contributed by atoms with Gasteiger partial charge in [-0.05, 0) is 18.6 Å². The van der Waals surface area contributed by atoms with Gasteiger partial charge in [-0.3, -0.25) is 10.1 Å². The summed E-state index contributed by atoms with van der Waals surface area (Å²) < 4.78 is 0. The number of halogens is 1. The van der Waals surface area contributed by atoms with Crippen LogP contribution in [0, 0.1) is 10.1 Å². The summed E-state index contributed by atoms with van der Waals surface area (Å²) in [7, 11) is 0. The largest absolute Gasteiger partial charge is 0.306 e. The zero-order chi connectivity index (χ0) is 14.5. The van der Waals surface area contributed by atoms with E-state index in [0.717, 1.165) is 5.56 Å². The van der Waals surface area contributed by atoms with Crippen molar-refractivity contribution in [3.05, 3.63) is 74.8 Å². The summed E-state index contributed by atoms with van der Waals surface area (Å²) in [5.41, 5.74) is 1.77. The number of hydrogen-bond acceptors (Lipinski definition) is 3. The minimum absolute atomic E-state index is 0.0171. The molecule has 1 unspecified atom stereocenters. The Morgan fingerprint density at radius 1 is 1.20 bits per heavy atom. The average molecular weight is 291 g/mol. The predicted octanol–water partition coefficient (Wildman–Crippen LogP) is 4.10. The second-order valence-electron chi connectivity index (χ2n) is 4.51. The number of nitro benzene ring substituents is 1. The molecule has 0 spiro atoms. The maximum Gasteiger partial charge on any atom is 0.273 e. The van der Waals surface area contributed by atoms with Crippen LogP contribution in [-0.4, -0.2) is 4.92 Å². The van der Waals surface area contributed by atoms with Gasteiger partial charge in [0.25, 0.3) is 5.69 Å². The van der Waals surface area contributed by atoms with Crippen molar-refractivity contribution in [3.8, 4) is 0 Å². The van der Waals surface area contributed by atoms with Gasteiger partial charge in [0.15, 0.2) is 0 Å². The molecule has 2 aromatic carbocycles. The summed E-state index contributed by atoms with van der Waals surface area (Å²) >= 11 is 6.13. The van der Waals surface area contributed by atoms with Crippen LogP contribution >= 0.6 is 11.6 Å². The standard InChI is InChI=1S/C15H15ClN2O2/c1-11(13-7-3-4-8-14(13)16)17-10-12-6-2-5-9-15(12)18(19)20/h2-9,11,17H,10H2,1H3. The third-order valence-corrected chi connectivity index (χ3v) is 3.50. The molecule has 0 aliphatic rings. The fourth-order valence-electron chi connectivity index (χ4n) is 2.04. The summed E-state index contributed by atoms with van der Waals surface area (Å²) in [6, 6.07) is 14.3. The summed E-state index contributed by atoms with van der Waals surface area (Å²) in [5, 5.41) is 14.9. The molecule has 4 nitrogen and oxygen atoms in total. The Morgan fingerprint density at radius 2 is 1.85 bits per heavy atom. The van der Waals surface area contributed by atoms with Gasteiger partial charge in [0, 0.05) is 29.2 Å². The molecule has 0 aliphatic carbocycles. The lowest BCUT2D eigenvalue weighted by Crippen LogP contribution is -2.19. The lowest BCUT2D eigenvalue weighted by Gasteiger charge is -2.15. The minimum atomic E-state index is -0.364. The highest BCUT2D eigenvalue weighted by Crippen LogP contribution is 2.23. The van der Waals surface area contributed by atoms with E-state index in [0.29, 0.717) is 17.1 Å². The van der Waals surface area contributed by atoms with E-state index in [2.05, 4.69) is 5.32 Å². The molecule has 0 radical (unpaired) electrons. The number of nitrogens with one attached hydrogen (secondary N) is 1. The third kappa shape index (κ3) is 3.35. The van der Waals surface area contributed by atoms with Crippen molar-refractivity contribution in [2.45, 2.75) is 19.5 Å². The molecule has 20 heavy (non-hydrogen) atoms. The van der Waals surface area contributed by atoms with Crippen LogP contribution in [0.4, 0.5) is 5.69 Å². The lowest BCUT2D eigenvalue weighted by atomic mass is 10.1. The predicted molar refractivity (Wildman–Crippen MR) is 79.8 cm³/mol. The molecule has 2 rings (SSSR count). The quantitative estimate of drug-likeness (QED) is 0.666. The van der Waals surface area contributed by atoms with Crippen molar-refractivity contribution in [1.29, 1.82) is 0 Å². The molecular weight excluding hydrogens is 276 g/mol. The zero-order valence-corrected chi connectivity index (χ0v) is 11.8. The van der Waals surface area contributed by atoms with E-state index in [1.807, 2.05) is 31.2 Å². The van der Waals surface area contributed by atoms with Crippen molar-refractivity contribution in [1.82, 2.24) is 5.32 Å². The second kappa shape index (κ2) is 6.50. The van der Waals surface area contributed by atoms with Gasteiger partial charge >= 0.3 is 0 Å². The van der Waals surface area contributed by atoms with Crippen LogP contribution < -0.4 is 5.32 Å². The highest BCUT2D eigenvalue weighted by molar-refractivity contribution is 6.31. The second-order valence-corrected chi connectivity index (χ2v) is 4.92. The molecule has 0 amide bonds. The van der Waals surface area contributed by atoms with Crippen molar-refractivity contribution >= 4 is 17.3 Å². The first-order valence-corrected chi connectivity index (χ1v) is 6.67. The molecule has 0 saturated carbocycles. The van der Waals surface area contributed by atoms with Crippen molar-refractivity contribution < 1.29 is 4.92 Å². The lowest BCUT2D eigenvalue weighted by molar-refractivity contribution is -0.385. The summed E-state index contributed by atoms with van der Waals surface area (Å²) in [6.07, 6.45) is 0. The van der Waals surface area contributed by atoms with Crippen LogP contribution in [0.25, 0.3) is 0 Å². The van der Waals surface area contributed by atoms with Crippen molar-refractivity contribution in [3.63, 3.8) is 0 Å². The van der Waals surface area contributed by atoms with Gasteiger partial charge in [-0.25, -0.2) is 0 Å². The molecule has 5 heteroatoms. The average Bonchev–Trinajstić information content (AvgIpc) is 2.45. The van der Waals surface area contributed by atoms with Crippen LogP contribution in [-0.2, 0) is 6.54 Å². The molecule has 2 aromatic rings. The SMILES string of the molecule is CC(NCc1ccccc1[N+](=O)[O-])c1ccccc1Cl. The van der Waals surface area contributed by atoms with Crippen LogP contribution in [0.1, 0.15) is 24.1 Å². The van der Waals surface area contributed by atoms with E-state index in [1.165, 1.54) is 6.07 Å². The van der Waals surface area contributed by atoms with Crippen LogP contribution in [0.2, 0.25) is 5.02 Å². The topological polar surface area (TPSA) is 55.2 Å². The van der Waals surface area contributed by atoms with E-state index in [9.17, 15) is 10.1 Å². The third-order valence-electron chi connectivity index (χ3n) is 3.16. The van der Waals surface area contributed by atoms with Crippen LogP contribution in [0.15, 0.2) is 48.5 Å². The Hall–Kier alpha value is -1.91. The van der Waals surface area contributed by atoms with Gasteiger partial charge in [0.2, 0.25) is 0 Å². The number of nitro groups is 1. The first kappa shape index (κ1) is 14.5. The van der Waals surface area contributed by atoms with E-state index in [1.54, 1.807) is 18.2 Å². The summed E-state index contributed by atoms with van der Waals surface area (Å²) in [4.78, 5) is 10.6. The fraction of sp³-hybridized carbons (Fsp3) is 0.200. The van der Waals surface area contributed by atoms with Crippen LogP contribution in [0.5, 0.6) is 0 Å². The Labute approximate surface area is 122 Å². The molecule has 1 N–H and O–H groups in total. The maximum atomic E-state index is 10.9. The van der Waals surface area contributed by atoms with Gasteiger partial charge in [0.05, 0.1) is 4.92 Å². The van der Waals surface area contributed by atoms with E-state index in [4.69, 9.17) is 11.6 Å². The fourth-order valence-corrected chi connectivity index (χ4v) is 2.34. The molecule has 104 valence electrons. The molecular formula is C15H15ClN2O2. The molecule has 1 atom stereocenters. The Morgan fingerprint density at radius 3 is 2.55 bits per heavy atom. The molecule has 0 bridgehead atoms. The van der Waals surface area contributed by atoms with Crippen molar-refractivity contribution in [2.75, 3.05) is 0 Å². The van der Waals surface area contributed by atoms with Gasteiger partial charge in [-0.2, -0.15) is 0 Å². The smallest absolute Gasteiger partial charge is 0.273 e. The molecule has 0 fully saturated rings. The van der Waals surface area contributed by atoms with E-state index >= 15 is 0 Å². The maximum absolute atomic E-state index is 10.9. The molecule has 0 aromatic heterocycles. The molecule has 0 saturated heterocycles. The molecule has 0 aliphatic heterocycles. The summed E-state index contributed by atoms with van der Waals surface area (Å²) in [5.74, 6) is 0. The Bertz CT molecular complexity index is 616. The highest BCUT2D eigenvalue weighted by atomic mass is 35.5. The number of para-hydroxylation sites is 1. The number of benzene rings is 2. The normalized spacial score (nSPS) is 12.1. The van der Waals surface area contributed by atoms with Crippen molar-refractivity contribution in [2.24, 2.45) is 0 Å². The first-order valence-electron chi connectivity index (χ1n) is 6.29. The summed E-state index contributed by atoms with van der Waals surface area (Å²) in [6.45, 7) is 2.40. The monoisotopic (exact) mass is 290 g/mol. The van der Waals surface area contributed by atoms with E-state index in [-0.39, 0.29) is 16.7 Å². The van der Waals surface area contributed by atoms with Gasteiger partial charge < -0.3 is 5.32 Å². The molecule has 0 heterocycles. The van der Waals surface area contributed by atoms with E-state index < -0.39 is 0 Å². The van der Waals surface area contributed by atoms with Gasteiger partial charge in [-0.15, -0.1) is 0 Å².